The zero-order chi connectivity index (χ0) is 20.4. The van der Waals surface area contributed by atoms with Gasteiger partial charge in [0, 0.05) is 51.4 Å². The molecule has 0 aliphatic carbocycles. The van der Waals surface area contributed by atoms with E-state index < -0.39 is 0 Å². The van der Waals surface area contributed by atoms with Crippen LogP contribution in [-0.4, -0.2) is 69.2 Å². The molecule has 7 nitrogen and oxygen atoms in total. The van der Waals surface area contributed by atoms with Gasteiger partial charge in [-0.25, -0.2) is 0 Å². The predicted molar refractivity (Wildman–Crippen MR) is 129 cm³/mol. The van der Waals surface area contributed by atoms with Crippen LogP contribution < -0.4 is 16.0 Å². The molecule has 2 rings (SSSR count). The summed E-state index contributed by atoms with van der Waals surface area (Å²) in [6.45, 7) is 12.1. The predicted octanol–water partition coefficient (Wildman–Crippen LogP) is 2.08. The van der Waals surface area contributed by atoms with Gasteiger partial charge in [-0.3, -0.25) is 14.7 Å². The van der Waals surface area contributed by atoms with Gasteiger partial charge in [-0.05, 0) is 30.5 Å². The van der Waals surface area contributed by atoms with Crippen molar-refractivity contribution in [3.8, 4) is 0 Å². The Bertz CT molecular complexity index is 630. The Morgan fingerprint density at radius 1 is 1.14 bits per heavy atom. The van der Waals surface area contributed by atoms with Gasteiger partial charge in [0.15, 0.2) is 5.96 Å². The van der Waals surface area contributed by atoms with Crippen LogP contribution in [0.15, 0.2) is 29.3 Å². The van der Waals surface area contributed by atoms with Crippen molar-refractivity contribution in [3.05, 3.63) is 35.4 Å². The zero-order valence-corrected chi connectivity index (χ0v) is 20.4. The normalized spacial score (nSPS) is 16.1. The second kappa shape index (κ2) is 13.8. The van der Waals surface area contributed by atoms with Crippen molar-refractivity contribution in [3.63, 3.8) is 0 Å². The number of ether oxygens (including phenoxy) is 1. The second-order valence-electron chi connectivity index (χ2n) is 7.32. The molecule has 0 radical (unpaired) electrons. The van der Waals surface area contributed by atoms with Gasteiger partial charge < -0.3 is 20.7 Å². The number of nitrogens with zero attached hydrogens (tertiary/aromatic N) is 2. The molecule has 1 aromatic carbocycles. The van der Waals surface area contributed by atoms with Crippen LogP contribution >= 0.6 is 24.0 Å². The maximum Gasteiger partial charge on any atom is 0.251 e. The fourth-order valence-corrected chi connectivity index (χ4v) is 3.34. The molecule has 0 bridgehead atoms. The molecule has 1 aromatic rings. The highest BCUT2D eigenvalue weighted by Crippen LogP contribution is 2.12. The van der Waals surface area contributed by atoms with Crippen LogP contribution in [0.1, 0.15) is 36.7 Å². The van der Waals surface area contributed by atoms with Gasteiger partial charge in [0.2, 0.25) is 0 Å². The summed E-state index contributed by atoms with van der Waals surface area (Å²) >= 11 is 0. The van der Waals surface area contributed by atoms with E-state index in [1.807, 2.05) is 31.2 Å². The Hall–Kier alpha value is -1.39. The zero-order valence-electron chi connectivity index (χ0n) is 18.0. The quantitative estimate of drug-likeness (QED) is 0.280. The van der Waals surface area contributed by atoms with Crippen molar-refractivity contribution in [2.45, 2.75) is 33.4 Å². The van der Waals surface area contributed by atoms with E-state index in [9.17, 15) is 4.79 Å². The van der Waals surface area contributed by atoms with E-state index >= 15 is 0 Å². The van der Waals surface area contributed by atoms with Crippen LogP contribution in [0.5, 0.6) is 0 Å². The number of halogens is 1. The molecule has 1 atom stereocenters. The van der Waals surface area contributed by atoms with E-state index in [4.69, 9.17) is 4.74 Å². The number of nitrogens with one attached hydrogen (secondary N) is 3. The Labute approximate surface area is 192 Å². The molecule has 1 heterocycles. The Morgan fingerprint density at radius 3 is 2.34 bits per heavy atom. The molecular formula is C21H36IN5O2. The van der Waals surface area contributed by atoms with Crippen LogP contribution in [0.4, 0.5) is 0 Å². The lowest BCUT2D eigenvalue weighted by Gasteiger charge is -2.37. The van der Waals surface area contributed by atoms with E-state index in [0.717, 1.165) is 44.4 Å². The summed E-state index contributed by atoms with van der Waals surface area (Å²) in [6.07, 6.45) is 0. The molecule has 1 fully saturated rings. The van der Waals surface area contributed by atoms with Crippen LogP contribution in [0, 0.1) is 5.92 Å². The number of hydrogen-bond acceptors (Lipinski definition) is 4. The van der Waals surface area contributed by atoms with E-state index in [1.165, 1.54) is 0 Å². The van der Waals surface area contributed by atoms with Gasteiger partial charge in [-0.2, -0.15) is 0 Å². The molecule has 1 aliphatic heterocycles. The molecule has 0 aromatic heterocycles. The van der Waals surface area contributed by atoms with E-state index in [2.05, 4.69) is 39.7 Å². The first-order valence-corrected chi connectivity index (χ1v) is 10.2. The SMILES string of the molecule is CCNC(=O)c1ccc(CNC(=NC)NCC(C(C)C)N2CCOCC2)cc1.I. The van der Waals surface area contributed by atoms with Crippen molar-refractivity contribution in [1.29, 1.82) is 0 Å². The maximum atomic E-state index is 11.8. The van der Waals surface area contributed by atoms with Gasteiger partial charge in [0.05, 0.1) is 13.2 Å². The van der Waals surface area contributed by atoms with Crippen molar-refractivity contribution in [1.82, 2.24) is 20.9 Å². The maximum absolute atomic E-state index is 11.8. The summed E-state index contributed by atoms with van der Waals surface area (Å²) < 4.78 is 5.48. The third kappa shape index (κ3) is 8.47. The molecule has 29 heavy (non-hydrogen) atoms. The third-order valence-electron chi connectivity index (χ3n) is 5.00. The fourth-order valence-electron chi connectivity index (χ4n) is 3.34. The molecule has 0 spiro atoms. The number of amides is 1. The van der Waals surface area contributed by atoms with E-state index in [-0.39, 0.29) is 29.9 Å². The third-order valence-corrected chi connectivity index (χ3v) is 5.00. The molecule has 164 valence electrons. The van der Waals surface area contributed by atoms with Gasteiger partial charge in [0.1, 0.15) is 0 Å². The lowest BCUT2D eigenvalue weighted by molar-refractivity contribution is 0.00752. The number of rotatable bonds is 8. The summed E-state index contributed by atoms with van der Waals surface area (Å²) in [7, 11) is 1.78. The smallest absolute Gasteiger partial charge is 0.251 e. The molecule has 8 heteroatoms. The minimum Gasteiger partial charge on any atom is -0.379 e. The van der Waals surface area contributed by atoms with Crippen molar-refractivity contribution < 1.29 is 9.53 Å². The van der Waals surface area contributed by atoms with Crippen LogP contribution in [0.25, 0.3) is 0 Å². The van der Waals surface area contributed by atoms with E-state index in [1.54, 1.807) is 7.05 Å². The Balaban J connectivity index is 0.00000420. The molecular weight excluding hydrogens is 481 g/mol. The Kier molecular flexibility index (Phi) is 12.2. The minimum atomic E-state index is -0.0395. The summed E-state index contributed by atoms with van der Waals surface area (Å²) in [6, 6.07) is 8.08. The summed E-state index contributed by atoms with van der Waals surface area (Å²) in [5.41, 5.74) is 1.78. The highest BCUT2D eigenvalue weighted by molar-refractivity contribution is 14.0. The highest BCUT2D eigenvalue weighted by Gasteiger charge is 2.23. The number of morpholine rings is 1. The molecule has 3 N–H and O–H groups in total. The van der Waals surface area contributed by atoms with Crippen molar-refractivity contribution in [2.75, 3.05) is 46.4 Å². The van der Waals surface area contributed by atoms with Crippen molar-refractivity contribution in [2.24, 2.45) is 10.9 Å². The topological polar surface area (TPSA) is 78.0 Å². The first-order chi connectivity index (χ1) is 13.5. The summed E-state index contributed by atoms with van der Waals surface area (Å²) in [5.74, 6) is 1.29. The van der Waals surface area contributed by atoms with E-state index in [0.29, 0.717) is 30.6 Å². The second-order valence-corrected chi connectivity index (χ2v) is 7.32. The number of benzene rings is 1. The Morgan fingerprint density at radius 2 is 1.79 bits per heavy atom. The standard InChI is InChI=1S/C21H35N5O2.HI/c1-5-23-20(27)18-8-6-17(7-9-18)14-24-21(22-4)25-15-19(16(2)3)26-10-12-28-13-11-26;/h6-9,16,19H,5,10-15H2,1-4H3,(H,23,27)(H2,22,24,25);1H. The molecule has 1 aliphatic rings. The monoisotopic (exact) mass is 517 g/mol. The molecule has 1 amide bonds. The average Bonchev–Trinajstić information content (AvgIpc) is 2.71. The van der Waals surface area contributed by atoms with Gasteiger partial charge in [0.25, 0.3) is 5.91 Å². The minimum absolute atomic E-state index is 0. The number of guanidine groups is 1. The van der Waals surface area contributed by atoms with Crippen molar-refractivity contribution >= 4 is 35.8 Å². The number of hydrogen-bond donors (Lipinski definition) is 3. The number of aliphatic imine (C=N–C) groups is 1. The molecule has 1 unspecified atom stereocenters. The van der Waals surface area contributed by atoms with Crippen LogP contribution in [0.3, 0.4) is 0 Å². The lowest BCUT2D eigenvalue weighted by atomic mass is 10.0. The van der Waals surface area contributed by atoms with Crippen LogP contribution in [0.2, 0.25) is 0 Å². The van der Waals surface area contributed by atoms with Gasteiger partial charge in [-0.15, -0.1) is 24.0 Å². The fraction of sp³-hybridized carbons (Fsp3) is 0.619. The number of carbonyl (C=O) groups is 1. The largest absolute Gasteiger partial charge is 0.379 e. The lowest BCUT2D eigenvalue weighted by Crippen LogP contribution is -2.52. The first-order valence-electron chi connectivity index (χ1n) is 10.2. The molecule has 0 saturated carbocycles. The highest BCUT2D eigenvalue weighted by atomic mass is 127. The average molecular weight is 517 g/mol. The molecule has 1 saturated heterocycles. The number of carbonyl (C=O) groups excluding carboxylic acids is 1. The van der Waals surface area contributed by atoms with Gasteiger partial charge >= 0.3 is 0 Å². The summed E-state index contributed by atoms with van der Waals surface area (Å²) in [4.78, 5) is 18.7. The van der Waals surface area contributed by atoms with Gasteiger partial charge in [-0.1, -0.05) is 26.0 Å². The summed E-state index contributed by atoms with van der Waals surface area (Å²) in [5, 5.41) is 9.62. The van der Waals surface area contributed by atoms with Crippen LogP contribution in [-0.2, 0) is 11.3 Å². The first kappa shape index (κ1) is 25.6.